The number of piperazine rings is 1. The third kappa shape index (κ3) is 4.92. The van der Waals surface area contributed by atoms with E-state index in [1.54, 1.807) is 28.9 Å². The Morgan fingerprint density at radius 2 is 1.81 bits per heavy atom. The Balaban J connectivity index is 1.46. The highest BCUT2D eigenvalue weighted by molar-refractivity contribution is 8.01. The molecule has 0 bridgehead atoms. The highest BCUT2D eigenvalue weighted by atomic mass is 32.2. The summed E-state index contributed by atoms with van der Waals surface area (Å²) in [5, 5.41) is 11.7. The van der Waals surface area contributed by atoms with E-state index in [4.69, 9.17) is 0 Å². The van der Waals surface area contributed by atoms with Crippen molar-refractivity contribution < 1.29 is 14.0 Å². The molecule has 0 radical (unpaired) electrons. The molecule has 2 heterocycles. The number of anilines is 2. The number of hydrogen-bond donors (Lipinski definition) is 1. The molecule has 0 saturated carbocycles. The molecule has 0 spiro atoms. The summed E-state index contributed by atoms with van der Waals surface area (Å²) in [6, 6.07) is 5.97. The smallest absolute Gasteiger partial charge is 0.233 e. The van der Waals surface area contributed by atoms with E-state index in [1.807, 2.05) is 0 Å². The first-order valence-corrected chi connectivity index (χ1v) is 9.83. The van der Waals surface area contributed by atoms with Gasteiger partial charge in [0.25, 0.3) is 0 Å². The number of amides is 2. The Morgan fingerprint density at radius 3 is 2.46 bits per heavy atom. The lowest BCUT2D eigenvalue weighted by Crippen LogP contribution is -2.50. The lowest BCUT2D eigenvalue weighted by molar-refractivity contribution is -0.136. The van der Waals surface area contributed by atoms with E-state index >= 15 is 0 Å². The molecule has 0 atom stereocenters. The summed E-state index contributed by atoms with van der Waals surface area (Å²) in [6.45, 7) is 3.83. The third-order valence-electron chi connectivity index (χ3n) is 3.90. The zero-order valence-corrected chi connectivity index (χ0v) is 15.8. The Morgan fingerprint density at radius 1 is 1.15 bits per heavy atom. The van der Waals surface area contributed by atoms with Gasteiger partial charge in [-0.3, -0.25) is 9.59 Å². The Labute approximate surface area is 158 Å². The van der Waals surface area contributed by atoms with Gasteiger partial charge in [0, 0.05) is 38.8 Å². The molecule has 1 saturated heterocycles. The molecule has 1 aliphatic rings. The molecule has 1 N–H and O–H groups in total. The third-order valence-corrected chi connectivity index (χ3v) is 5.86. The first kappa shape index (κ1) is 18.6. The van der Waals surface area contributed by atoms with E-state index in [0.717, 1.165) is 5.69 Å². The van der Waals surface area contributed by atoms with Crippen molar-refractivity contribution in [2.45, 2.75) is 11.3 Å². The molecule has 3 rings (SSSR count). The number of hydrogen-bond acceptors (Lipinski definition) is 7. The lowest BCUT2D eigenvalue weighted by Gasteiger charge is -2.34. The minimum absolute atomic E-state index is 0.0291. The van der Waals surface area contributed by atoms with Crippen LogP contribution >= 0.6 is 23.1 Å². The van der Waals surface area contributed by atoms with Crippen molar-refractivity contribution in [3.63, 3.8) is 0 Å². The highest BCUT2D eigenvalue weighted by Crippen LogP contribution is 2.28. The van der Waals surface area contributed by atoms with Crippen molar-refractivity contribution in [2.24, 2.45) is 0 Å². The molecule has 10 heteroatoms. The Hall–Kier alpha value is -2.20. The highest BCUT2D eigenvalue weighted by Gasteiger charge is 2.22. The maximum atomic E-state index is 12.9. The first-order chi connectivity index (χ1) is 12.5. The van der Waals surface area contributed by atoms with Crippen molar-refractivity contribution >= 4 is 45.7 Å². The van der Waals surface area contributed by atoms with Crippen LogP contribution in [0.2, 0.25) is 0 Å². The van der Waals surface area contributed by atoms with Gasteiger partial charge in [0.05, 0.1) is 5.75 Å². The first-order valence-electron chi connectivity index (χ1n) is 8.03. The van der Waals surface area contributed by atoms with Crippen molar-refractivity contribution in [1.82, 2.24) is 20.0 Å². The van der Waals surface area contributed by atoms with Gasteiger partial charge in [-0.15, -0.1) is 10.2 Å². The second kappa shape index (κ2) is 8.45. The van der Waals surface area contributed by atoms with E-state index < -0.39 is 0 Å². The molecule has 0 unspecified atom stereocenters. The summed E-state index contributed by atoms with van der Waals surface area (Å²) in [6.07, 6.45) is 0. The fourth-order valence-corrected chi connectivity index (χ4v) is 4.14. The Bertz CT molecular complexity index is 775. The van der Waals surface area contributed by atoms with Crippen LogP contribution in [0.15, 0.2) is 28.6 Å². The fraction of sp³-hybridized carbons (Fsp3) is 0.375. The largest absolute Gasteiger partial charge is 0.339 e. The number of nitrogens with zero attached hydrogens (tertiary/aromatic N) is 4. The van der Waals surface area contributed by atoms with Gasteiger partial charge >= 0.3 is 0 Å². The predicted octanol–water partition coefficient (Wildman–Crippen LogP) is 2.20. The summed E-state index contributed by atoms with van der Waals surface area (Å²) < 4.78 is 13.6. The molecule has 1 aromatic carbocycles. The van der Waals surface area contributed by atoms with Gasteiger partial charge in [-0.1, -0.05) is 23.1 Å². The van der Waals surface area contributed by atoms with Gasteiger partial charge in [0.2, 0.25) is 16.9 Å². The molecule has 1 aliphatic heterocycles. The van der Waals surface area contributed by atoms with Crippen molar-refractivity contribution in [1.29, 1.82) is 0 Å². The molecule has 0 aliphatic carbocycles. The van der Waals surface area contributed by atoms with E-state index in [-0.39, 0.29) is 23.4 Å². The molecule has 26 heavy (non-hydrogen) atoms. The minimum atomic E-state index is -0.299. The molecule has 2 amide bonds. The van der Waals surface area contributed by atoms with Crippen LogP contribution in [0.1, 0.15) is 6.92 Å². The van der Waals surface area contributed by atoms with E-state index in [9.17, 15) is 14.0 Å². The maximum Gasteiger partial charge on any atom is 0.233 e. The molecular weight excluding hydrogens is 377 g/mol. The van der Waals surface area contributed by atoms with E-state index in [2.05, 4.69) is 15.5 Å². The predicted molar refractivity (Wildman–Crippen MR) is 99.1 cm³/mol. The van der Waals surface area contributed by atoms with Gasteiger partial charge in [0.1, 0.15) is 5.82 Å². The molecular formula is C16H18FN5O2S2. The second-order valence-corrected chi connectivity index (χ2v) is 7.88. The van der Waals surface area contributed by atoms with Crippen molar-refractivity contribution in [3.8, 4) is 0 Å². The zero-order valence-electron chi connectivity index (χ0n) is 14.1. The fourth-order valence-electron chi connectivity index (χ4n) is 2.46. The van der Waals surface area contributed by atoms with Crippen LogP contribution in [0.4, 0.5) is 15.2 Å². The normalized spacial score (nSPS) is 14.4. The molecule has 2 aromatic rings. The van der Waals surface area contributed by atoms with Gasteiger partial charge in [0.15, 0.2) is 4.34 Å². The van der Waals surface area contributed by atoms with Gasteiger partial charge in [-0.25, -0.2) is 4.39 Å². The number of thioether (sulfide) groups is 1. The van der Waals surface area contributed by atoms with Gasteiger partial charge in [-0.2, -0.15) is 0 Å². The van der Waals surface area contributed by atoms with Crippen molar-refractivity contribution in [3.05, 3.63) is 30.1 Å². The number of carbonyl (C=O) groups excluding carboxylic acids is 2. The average Bonchev–Trinajstić information content (AvgIpc) is 3.09. The summed E-state index contributed by atoms with van der Waals surface area (Å²) >= 11 is 2.67. The number of aromatic nitrogens is 2. The molecule has 7 nitrogen and oxygen atoms in total. The molecule has 1 aromatic heterocycles. The van der Waals surface area contributed by atoms with Gasteiger partial charge in [-0.05, 0) is 24.3 Å². The number of carbonyl (C=O) groups is 2. The number of benzene rings is 1. The van der Waals surface area contributed by atoms with Crippen molar-refractivity contribution in [2.75, 3.05) is 37.2 Å². The van der Waals surface area contributed by atoms with Crippen LogP contribution in [0.5, 0.6) is 0 Å². The van der Waals surface area contributed by atoms with E-state index in [0.29, 0.717) is 35.7 Å². The monoisotopic (exact) mass is 395 g/mol. The summed E-state index contributed by atoms with van der Waals surface area (Å²) in [4.78, 5) is 27.1. The molecule has 1 fully saturated rings. The SMILES string of the molecule is CC(=O)N1CCN(C(=O)CSc2nnc(Nc3ccc(F)cc3)s2)CC1. The summed E-state index contributed by atoms with van der Waals surface area (Å²) in [5.74, 6) is 0.0558. The zero-order chi connectivity index (χ0) is 18.5. The van der Waals surface area contributed by atoms with Gasteiger partial charge < -0.3 is 15.1 Å². The van der Waals surface area contributed by atoms with Crippen LogP contribution in [-0.2, 0) is 9.59 Å². The summed E-state index contributed by atoms with van der Waals surface area (Å²) in [7, 11) is 0. The van der Waals surface area contributed by atoms with Crippen LogP contribution in [0.3, 0.4) is 0 Å². The van der Waals surface area contributed by atoms with Crippen LogP contribution in [0.25, 0.3) is 0 Å². The standard InChI is InChI=1S/C16H18FN5O2S2/c1-11(23)21-6-8-22(9-7-21)14(24)10-25-16-20-19-15(26-16)18-13-4-2-12(17)3-5-13/h2-5H,6-10H2,1H3,(H,18,19). The minimum Gasteiger partial charge on any atom is -0.339 e. The topological polar surface area (TPSA) is 78.4 Å². The maximum absolute atomic E-state index is 12.9. The van der Waals surface area contributed by atoms with Crippen LogP contribution in [-0.4, -0.2) is 63.7 Å². The van der Waals surface area contributed by atoms with Crippen LogP contribution < -0.4 is 5.32 Å². The van der Waals surface area contributed by atoms with Crippen LogP contribution in [0, 0.1) is 5.82 Å². The summed E-state index contributed by atoms with van der Waals surface area (Å²) in [5.41, 5.74) is 0.721. The number of nitrogens with one attached hydrogen (secondary N) is 1. The quantitative estimate of drug-likeness (QED) is 0.782. The number of rotatable bonds is 5. The molecule has 138 valence electrons. The average molecular weight is 395 g/mol. The lowest BCUT2D eigenvalue weighted by atomic mass is 10.3. The second-order valence-electron chi connectivity index (χ2n) is 5.68. The Kier molecular flexibility index (Phi) is 6.04. The van der Waals surface area contributed by atoms with E-state index in [1.165, 1.54) is 35.2 Å². The number of halogens is 1.